The maximum Gasteiger partial charge on any atom is 0.490 e. The summed E-state index contributed by atoms with van der Waals surface area (Å²) in [7, 11) is 0.865. The molecule has 0 fully saturated rings. The van der Waals surface area contributed by atoms with Gasteiger partial charge in [-0.1, -0.05) is 5.01 Å². The summed E-state index contributed by atoms with van der Waals surface area (Å²) < 4.78 is 37.9. The van der Waals surface area contributed by atoms with Crippen LogP contribution in [-0.4, -0.2) is 36.0 Å². The number of nitrogens with zero attached hydrogens (tertiary/aromatic N) is 2. The van der Waals surface area contributed by atoms with Crippen LogP contribution in [0.25, 0.3) is 0 Å². The highest BCUT2D eigenvalue weighted by Crippen LogP contribution is 2.16. The number of hydrogen-bond donors (Lipinski definition) is 0. The lowest BCUT2D eigenvalue weighted by atomic mass is 10.7. The molecule has 9 heteroatoms. The van der Waals surface area contributed by atoms with Crippen LogP contribution in [0.15, 0.2) is 0 Å². The van der Waals surface area contributed by atoms with Crippen molar-refractivity contribution < 1.29 is 27.7 Å². The quantitative estimate of drug-likeness (QED) is 0.282. The minimum atomic E-state index is -5.13. The summed E-state index contributed by atoms with van der Waals surface area (Å²) in [4.78, 5) is 19.8. The molecule has 0 saturated heterocycles. The highest BCUT2D eigenvalue weighted by molar-refractivity contribution is 5.75. The first-order valence-electron chi connectivity index (χ1n) is 2.84. The number of hydrazine groups is 1. The van der Waals surface area contributed by atoms with E-state index in [0.717, 1.165) is 7.05 Å². The third kappa shape index (κ3) is 4.13. The molecule has 0 atom stereocenters. The molecule has 76 valence electrons. The van der Waals surface area contributed by atoms with E-state index in [0.29, 0.717) is 0 Å². The summed E-state index contributed by atoms with van der Waals surface area (Å²) in [5.41, 5.74) is 0. The maximum absolute atomic E-state index is 11.4. The number of halogens is 3. The van der Waals surface area contributed by atoms with Crippen molar-refractivity contribution in [1.29, 1.82) is 0 Å². The Labute approximate surface area is 70.0 Å². The zero-order chi connectivity index (χ0) is 10.6. The number of nitro groups is 1. The molecule has 0 bridgehead atoms. The van der Waals surface area contributed by atoms with Crippen LogP contribution in [0, 0.1) is 10.1 Å². The number of carbonyl (C=O) groups excluding carboxylic acids is 1. The van der Waals surface area contributed by atoms with Gasteiger partial charge in [-0.15, -0.1) is 0 Å². The highest BCUT2D eigenvalue weighted by atomic mass is 19.4. The van der Waals surface area contributed by atoms with E-state index in [-0.39, 0.29) is 5.01 Å². The van der Waals surface area contributed by atoms with Gasteiger partial charge in [-0.25, -0.2) is 14.9 Å². The fourth-order valence-corrected chi connectivity index (χ4v) is 0.281. The predicted octanol–water partition coefficient (Wildman–Crippen LogP) is 0.173. The summed E-state index contributed by atoms with van der Waals surface area (Å²) in [5.74, 6) is -2.46. The molecule has 0 aliphatic carbocycles. The smallest absolute Gasteiger partial charge is 0.432 e. The van der Waals surface area contributed by atoms with Gasteiger partial charge < -0.3 is 4.74 Å². The van der Waals surface area contributed by atoms with Crippen LogP contribution >= 0.6 is 0 Å². The standard InChI is InChI=1S/C4H5F3N2O4/c1-8(9(11)12)2-13-3(10)4(5,6)7/h2H2,1H3. The first kappa shape index (κ1) is 11.5. The number of carbonyl (C=O) groups is 1. The third-order valence-electron chi connectivity index (χ3n) is 0.893. The Hall–Kier alpha value is -1.54. The molecule has 0 saturated carbocycles. The molecule has 0 aromatic heterocycles. The van der Waals surface area contributed by atoms with Crippen LogP contribution in [0.4, 0.5) is 13.2 Å². The Balaban J connectivity index is 3.91. The molecule has 0 amide bonds. The van der Waals surface area contributed by atoms with Crippen LogP contribution in [0.3, 0.4) is 0 Å². The minimum absolute atomic E-state index is 0.198. The van der Waals surface area contributed by atoms with Gasteiger partial charge in [-0.2, -0.15) is 13.2 Å². The van der Waals surface area contributed by atoms with E-state index in [9.17, 15) is 28.1 Å². The summed E-state index contributed by atoms with van der Waals surface area (Å²) in [6, 6.07) is 0. The number of hydrogen-bond acceptors (Lipinski definition) is 4. The van der Waals surface area contributed by atoms with E-state index in [1.54, 1.807) is 0 Å². The summed E-state index contributed by atoms with van der Waals surface area (Å²) >= 11 is 0. The fraction of sp³-hybridized carbons (Fsp3) is 0.750. The van der Waals surface area contributed by atoms with Gasteiger partial charge in [0.25, 0.3) is 0 Å². The molecule has 0 heterocycles. The van der Waals surface area contributed by atoms with E-state index >= 15 is 0 Å². The molecule has 0 rings (SSSR count). The molecule has 0 aliphatic heterocycles. The Bertz CT molecular complexity index is 216. The summed E-state index contributed by atoms with van der Waals surface area (Å²) in [6.07, 6.45) is -5.13. The largest absolute Gasteiger partial charge is 0.490 e. The lowest BCUT2D eigenvalue weighted by Crippen LogP contribution is -2.33. The molecule has 0 unspecified atom stereocenters. The van der Waals surface area contributed by atoms with Gasteiger partial charge >= 0.3 is 12.1 Å². The van der Waals surface area contributed by atoms with E-state index < -0.39 is 23.9 Å². The first-order valence-corrected chi connectivity index (χ1v) is 2.84. The highest BCUT2D eigenvalue weighted by Gasteiger charge is 2.41. The van der Waals surface area contributed by atoms with Crippen LogP contribution < -0.4 is 0 Å². The Morgan fingerprint density at radius 1 is 1.62 bits per heavy atom. The van der Waals surface area contributed by atoms with Crippen molar-refractivity contribution in [3.63, 3.8) is 0 Å². The van der Waals surface area contributed by atoms with Crippen molar-refractivity contribution in [2.75, 3.05) is 13.8 Å². The van der Waals surface area contributed by atoms with Gasteiger partial charge in [0, 0.05) is 0 Å². The average molecular weight is 202 g/mol. The lowest BCUT2D eigenvalue weighted by Gasteiger charge is -2.09. The van der Waals surface area contributed by atoms with E-state index in [1.807, 2.05) is 0 Å². The van der Waals surface area contributed by atoms with E-state index in [4.69, 9.17) is 0 Å². The van der Waals surface area contributed by atoms with Crippen LogP contribution in [0.5, 0.6) is 0 Å². The Kier molecular flexibility index (Phi) is 3.45. The van der Waals surface area contributed by atoms with Crippen LogP contribution in [-0.2, 0) is 9.53 Å². The van der Waals surface area contributed by atoms with Gasteiger partial charge in [-0.3, -0.25) is 0 Å². The molecule has 13 heavy (non-hydrogen) atoms. The molecule has 0 N–H and O–H groups in total. The van der Waals surface area contributed by atoms with Gasteiger partial charge in [0.1, 0.15) is 0 Å². The van der Waals surface area contributed by atoms with Gasteiger partial charge in [0.2, 0.25) is 6.73 Å². The number of rotatable bonds is 3. The number of esters is 1. The first-order chi connectivity index (χ1) is 5.75. The summed E-state index contributed by atoms with van der Waals surface area (Å²) in [6.45, 7) is -1.05. The minimum Gasteiger partial charge on any atom is -0.432 e. The normalized spacial score (nSPS) is 10.8. The second-order valence-corrected chi connectivity index (χ2v) is 1.95. The average Bonchev–Trinajstić information content (AvgIpc) is 1.97. The zero-order valence-corrected chi connectivity index (χ0v) is 6.37. The third-order valence-corrected chi connectivity index (χ3v) is 0.893. The van der Waals surface area contributed by atoms with Crippen molar-refractivity contribution >= 4 is 5.97 Å². The van der Waals surface area contributed by atoms with Crippen molar-refractivity contribution in [2.45, 2.75) is 6.18 Å². The second-order valence-electron chi connectivity index (χ2n) is 1.95. The van der Waals surface area contributed by atoms with Gasteiger partial charge in [0.15, 0.2) is 5.03 Å². The van der Waals surface area contributed by atoms with E-state index in [1.165, 1.54) is 0 Å². The van der Waals surface area contributed by atoms with E-state index in [2.05, 4.69) is 4.74 Å². The monoisotopic (exact) mass is 202 g/mol. The lowest BCUT2D eigenvalue weighted by molar-refractivity contribution is -0.656. The summed E-state index contributed by atoms with van der Waals surface area (Å²) in [5, 5.41) is 9.01. The van der Waals surface area contributed by atoms with Crippen LogP contribution in [0.1, 0.15) is 0 Å². The maximum atomic E-state index is 11.4. The molecular formula is C4H5F3N2O4. The number of ether oxygens (including phenoxy) is 1. The number of alkyl halides is 3. The van der Waals surface area contributed by atoms with Crippen molar-refractivity contribution in [3.8, 4) is 0 Å². The molecule has 0 aromatic carbocycles. The SMILES string of the molecule is CN(COC(=O)C(F)(F)F)[N+](=O)[O-]. The fourth-order valence-electron chi connectivity index (χ4n) is 0.281. The molecule has 0 aromatic rings. The predicted molar refractivity (Wildman–Crippen MR) is 31.8 cm³/mol. The van der Waals surface area contributed by atoms with Crippen molar-refractivity contribution in [1.82, 2.24) is 5.01 Å². The molecule has 0 radical (unpaired) electrons. The Morgan fingerprint density at radius 3 is 2.38 bits per heavy atom. The Morgan fingerprint density at radius 2 is 2.08 bits per heavy atom. The van der Waals surface area contributed by atoms with Crippen molar-refractivity contribution in [3.05, 3.63) is 10.1 Å². The van der Waals surface area contributed by atoms with Crippen molar-refractivity contribution in [2.24, 2.45) is 0 Å². The topological polar surface area (TPSA) is 72.7 Å². The molecular weight excluding hydrogens is 197 g/mol. The molecule has 0 aliphatic rings. The molecule has 0 spiro atoms. The zero-order valence-electron chi connectivity index (χ0n) is 6.37. The van der Waals surface area contributed by atoms with Gasteiger partial charge in [-0.05, 0) is 0 Å². The van der Waals surface area contributed by atoms with Crippen LogP contribution in [0.2, 0.25) is 0 Å². The van der Waals surface area contributed by atoms with Gasteiger partial charge in [0.05, 0.1) is 7.05 Å². The molecule has 6 nitrogen and oxygen atoms in total. The second kappa shape index (κ2) is 3.92.